The van der Waals surface area contributed by atoms with Gasteiger partial charge in [-0.05, 0) is 100 Å². The van der Waals surface area contributed by atoms with Crippen LogP contribution in [-0.4, -0.2) is 87.5 Å². The van der Waals surface area contributed by atoms with Crippen LogP contribution in [0.4, 0.5) is 9.18 Å². The Morgan fingerprint density at radius 3 is 2.11 bits per heavy atom. The van der Waals surface area contributed by atoms with E-state index in [9.17, 15) is 19.2 Å². The zero-order valence-electron chi connectivity index (χ0n) is 32.9. The summed E-state index contributed by atoms with van der Waals surface area (Å²) in [4.78, 5) is 59.0. The number of aryl methyl sites for hydroxylation is 2. The molecule has 1 aliphatic rings. The first-order valence-electron chi connectivity index (χ1n) is 18.0. The van der Waals surface area contributed by atoms with Gasteiger partial charge in [0.05, 0.1) is 18.2 Å². The normalized spacial score (nSPS) is 16.2. The number of hydrogen-bond acceptors (Lipinski definition) is 12. The van der Waals surface area contributed by atoms with Gasteiger partial charge in [0.25, 0.3) is 5.91 Å². The highest BCUT2D eigenvalue weighted by Crippen LogP contribution is 2.31. The van der Waals surface area contributed by atoms with Gasteiger partial charge in [0.1, 0.15) is 34.6 Å². The fraction of sp³-hybridized carbons (Fsp3) is 0.463. The van der Waals surface area contributed by atoms with Gasteiger partial charge in [-0.3, -0.25) is 9.59 Å². The Morgan fingerprint density at radius 2 is 1.51 bits per heavy atom. The van der Waals surface area contributed by atoms with Crippen LogP contribution in [-0.2, 0) is 23.8 Å². The van der Waals surface area contributed by atoms with E-state index >= 15 is 4.39 Å². The molecule has 1 saturated heterocycles. The second-order valence-corrected chi connectivity index (χ2v) is 14.6. The maximum absolute atomic E-state index is 15.7. The van der Waals surface area contributed by atoms with Crippen molar-refractivity contribution in [2.75, 3.05) is 40.9 Å². The molecule has 1 N–H and O–H groups in total. The lowest BCUT2D eigenvalue weighted by atomic mass is 9.94. The Labute approximate surface area is 321 Å². The summed E-state index contributed by atoms with van der Waals surface area (Å²) in [5.74, 6) is -2.05. The molecule has 55 heavy (non-hydrogen) atoms. The number of esters is 1. The number of hydrogen-bond donors (Lipinski definition) is 1. The molecule has 0 aliphatic carbocycles. The second-order valence-electron chi connectivity index (χ2n) is 14.6. The smallest absolute Gasteiger partial charge is 0.467 e. The van der Waals surface area contributed by atoms with E-state index in [2.05, 4.69) is 5.32 Å². The van der Waals surface area contributed by atoms with Crippen molar-refractivity contribution in [3.8, 4) is 11.5 Å². The summed E-state index contributed by atoms with van der Waals surface area (Å²) in [6.45, 7) is 12.5. The quantitative estimate of drug-likeness (QED) is 0.102. The van der Waals surface area contributed by atoms with Crippen LogP contribution in [0.3, 0.4) is 0 Å². The summed E-state index contributed by atoms with van der Waals surface area (Å²) in [6, 6.07) is 11.3. The Kier molecular flexibility index (Phi) is 14.8. The zero-order chi connectivity index (χ0) is 40.4. The van der Waals surface area contributed by atoms with Crippen molar-refractivity contribution in [2.45, 2.75) is 85.0 Å². The SMILES string of the molecule is COCOc1ccc(C(C)C)c(F)c1C(=O)c1ccc(C(=O)O[C@@H]2CCCN(OC(=O)OC(C)(C)C)C[C@H]2NC(=O)c2cc(C)c(OCOC)c(C)c2)cc1. The summed E-state index contributed by atoms with van der Waals surface area (Å²) in [5, 5.41) is 4.35. The highest BCUT2D eigenvalue weighted by molar-refractivity contribution is 6.11. The van der Waals surface area contributed by atoms with E-state index in [0.29, 0.717) is 29.7 Å². The Bertz CT molecular complexity index is 1820. The standard InChI is InChI=1S/C41H51FN2O11/c1-24(2)30-16-17-33(51-22-49-8)34(35(30)42)36(45)27-12-14-28(15-13-27)39(47)53-32-11-10-18-44(55-40(48)54-41(5,6)7)21-31(32)43-38(46)29-19-25(3)37(26(4)20-29)52-23-50-9/h12-17,19-20,24,31-32H,10-11,18,21-23H2,1-9H3,(H,43,46)/t31-,32-/m1/s1. The molecule has 1 fully saturated rings. The van der Waals surface area contributed by atoms with Crippen LogP contribution in [0.15, 0.2) is 48.5 Å². The van der Waals surface area contributed by atoms with Gasteiger partial charge in [-0.15, -0.1) is 5.06 Å². The molecule has 0 spiro atoms. The number of nitrogens with zero attached hydrogens (tertiary/aromatic N) is 1. The second kappa shape index (κ2) is 19.0. The topological polar surface area (TPSA) is 148 Å². The number of methoxy groups -OCH3 is 2. The summed E-state index contributed by atoms with van der Waals surface area (Å²) in [5.41, 5.74) is 1.35. The molecule has 3 aromatic carbocycles. The maximum atomic E-state index is 15.7. The van der Waals surface area contributed by atoms with Gasteiger partial charge in [-0.2, -0.15) is 0 Å². The number of amides is 1. The third-order valence-corrected chi connectivity index (χ3v) is 8.65. The third-order valence-electron chi connectivity index (χ3n) is 8.65. The predicted octanol–water partition coefficient (Wildman–Crippen LogP) is 7.05. The molecule has 1 heterocycles. The van der Waals surface area contributed by atoms with Crippen LogP contribution in [0, 0.1) is 19.7 Å². The van der Waals surface area contributed by atoms with Gasteiger partial charge >= 0.3 is 12.1 Å². The number of halogens is 1. The van der Waals surface area contributed by atoms with E-state index < -0.39 is 47.4 Å². The first-order chi connectivity index (χ1) is 26.0. The van der Waals surface area contributed by atoms with Crippen molar-refractivity contribution in [1.82, 2.24) is 10.4 Å². The molecule has 298 valence electrons. The van der Waals surface area contributed by atoms with Crippen LogP contribution >= 0.6 is 0 Å². The average Bonchev–Trinajstić information content (AvgIpc) is 3.29. The number of ketones is 1. The molecule has 3 aromatic rings. The van der Waals surface area contributed by atoms with Gasteiger partial charge in [0.2, 0.25) is 0 Å². The highest BCUT2D eigenvalue weighted by atomic mass is 19.1. The number of hydroxylamine groups is 2. The van der Waals surface area contributed by atoms with E-state index in [1.54, 1.807) is 39.0 Å². The summed E-state index contributed by atoms with van der Waals surface area (Å²) in [6.07, 6.45) is -0.990. The van der Waals surface area contributed by atoms with Crippen molar-refractivity contribution >= 4 is 23.8 Å². The molecule has 0 saturated carbocycles. The van der Waals surface area contributed by atoms with E-state index in [4.69, 9.17) is 33.3 Å². The minimum atomic E-state index is -0.909. The minimum absolute atomic E-state index is 0.0160. The van der Waals surface area contributed by atoms with Crippen LogP contribution in [0.1, 0.15) is 107 Å². The van der Waals surface area contributed by atoms with Crippen molar-refractivity contribution in [3.05, 3.63) is 93.3 Å². The van der Waals surface area contributed by atoms with Gasteiger partial charge < -0.3 is 38.6 Å². The predicted molar refractivity (Wildman–Crippen MR) is 200 cm³/mol. The first kappa shape index (κ1) is 42.7. The number of rotatable bonds is 14. The molecular weight excluding hydrogens is 715 g/mol. The van der Waals surface area contributed by atoms with Gasteiger partial charge in [-0.25, -0.2) is 14.0 Å². The van der Waals surface area contributed by atoms with Crippen molar-refractivity contribution < 1.29 is 56.8 Å². The van der Waals surface area contributed by atoms with Crippen LogP contribution in [0.2, 0.25) is 0 Å². The summed E-state index contributed by atoms with van der Waals surface area (Å²) >= 11 is 0. The largest absolute Gasteiger partial charge is 0.528 e. The number of nitrogens with one attached hydrogen (secondary N) is 1. The lowest BCUT2D eigenvalue weighted by Crippen LogP contribution is -2.50. The number of carbonyl (C=O) groups is 4. The Balaban J connectivity index is 1.57. The first-order valence-corrected chi connectivity index (χ1v) is 18.0. The Morgan fingerprint density at radius 1 is 0.891 bits per heavy atom. The number of ether oxygens (including phenoxy) is 6. The maximum Gasteiger partial charge on any atom is 0.528 e. The van der Waals surface area contributed by atoms with Gasteiger partial charge in [0.15, 0.2) is 19.4 Å². The fourth-order valence-electron chi connectivity index (χ4n) is 6.10. The summed E-state index contributed by atoms with van der Waals surface area (Å²) in [7, 11) is 2.93. The minimum Gasteiger partial charge on any atom is -0.467 e. The zero-order valence-corrected chi connectivity index (χ0v) is 32.9. The van der Waals surface area contributed by atoms with Crippen LogP contribution in [0.25, 0.3) is 0 Å². The lowest BCUT2D eigenvalue weighted by Gasteiger charge is -2.29. The monoisotopic (exact) mass is 766 g/mol. The molecule has 0 radical (unpaired) electrons. The number of benzene rings is 3. The van der Waals surface area contributed by atoms with Gasteiger partial charge in [0, 0.05) is 31.9 Å². The van der Waals surface area contributed by atoms with Crippen molar-refractivity contribution in [3.63, 3.8) is 0 Å². The molecular formula is C41H51FN2O11. The molecule has 2 atom stereocenters. The lowest BCUT2D eigenvalue weighted by molar-refractivity contribution is -0.144. The number of carbonyl (C=O) groups excluding carboxylic acids is 4. The molecule has 0 bridgehead atoms. The molecule has 0 aromatic heterocycles. The third kappa shape index (κ3) is 11.5. The van der Waals surface area contributed by atoms with Crippen LogP contribution < -0.4 is 14.8 Å². The van der Waals surface area contributed by atoms with E-state index in [1.807, 2.05) is 27.7 Å². The molecule has 13 nitrogen and oxygen atoms in total. The van der Waals surface area contributed by atoms with Gasteiger partial charge in [-0.1, -0.05) is 32.0 Å². The molecule has 0 unspecified atom stereocenters. The van der Waals surface area contributed by atoms with Crippen molar-refractivity contribution in [1.29, 1.82) is 0 Å². The summed E-state index contributed by atoms with van der Waals surface area (Å²) < 4.78 is 48.1. The molecule has 1 aliphatic heterocycles. The van der Waals surface area contributed by atoms with E-state index in [-0.39, 0.29) is 55.0 Å². The highest BCUT2D eigenvalue weighted by Gasteiger charge is 2.34. The van der Waals surface area contributed by atoms with Crippen LogP contribution in [0.5, 0.6) is 11.5 Å². The molecule has 1 amide bonds. The molecule has 14 heteroatoms. The van der Waals surface area contributed by atoms with Crippen molar-refractivity contribution in [2.24, 2.45) is 0 Å². The average molecular weight is 767 g/mol. The fourth-order valence-corrected chi connectivity index (χ4v) is 6.10. The molecule has 4 rings (SSSR count). The van der Waals surface area contributed by atoms with E-state index in [1.165, 1.54) is 49.6 Å². The van der Waals surface area contributed by atoms with E-state index in [0.717, 1.165) is 11.1 Å². The Hall–Kier alpha value is -5.05.